The number of aliphatic hydroxyl groups is 1. The fraction of sp³-hybridized carbons (Fsp3) is 0.263. The Balaban J connectivity index is 2.34. The molecule has 0 aliphatic heterocycles. The largest absolute Gasteiger partial charge is 0.508 e. The number of rotatable bonds is 7. The van der Waals surface area contributed by atoms with Crippen molar-refractivity contribution in [2.24, 2.45) is 0 Å². The van der Waals surface area contributed by atoms with Gasteiger partial charge in [0.05, 0.1) is 40.9 Å². The molecule has 0 bridgehead atoms. The third kappa shape index (κ3) is 3.21. The summed E-state index contributed by atoms with van der Waals surface area (Å²) < 4.78 is 6.69. The van der Waals surface area contributed by atoms with Crippen molar-refractivity contribution in [3.63, 3.8) is 0 Å². The van der Waals surface area contributed by atoms with Crippen molar-refractivity contribution < 1.29 is 25.0 Å². The molecule has 4 N–H and O–H groups in total. The predicted molar refractivity (Wildman–Crippen MR) is 103 cm³/mol. The molecule has 9 heteroatoms. The first-order valence-electron chi connectivity index (χ1n) is 8.59. The fourth-order valence-electron chi connectivity index (χ4n) is 3.38. The highest BCUT2D eigenvalue weighted by atomic mass is 16.6. The van der Waals surface area contributed by atoms with Crippen molar-refractivity contribution >= 4 is 16.6 Å². The molecule has 28 heavy (non-hydrogen) atoms. The zero-order valence-electron chi connectivity index (χ0n) is 15.5. The number of fused-ring (bicyclic) bond motifs is 1. The highest BCUT2D eigenvalue weighted by Crippen LogP contribution is 2.40. The van der Waals surface area contributed by atoms with Gasteiger partial charge in [0.15, 0.2) is 11.5 Å². The maximum atomic E-state index is 11.7. The normalized spacial score (nSPS) is 11.1. The van der Waals surface area contributed by atoms with E-state index in [1.165, 1.54) is 25.3 Å². The van der Waals surface area contributed by atoms with Gasteiger partial charge in [-0.1, -0.05) is 0 Å². The molecule has 0 fully saturated rings. The Bertz CT molecular complexity index is 1040. The van der Waals surface area contributed by atoms with Gasteiger partial charge in [0, 0.05) is 24.7 Å². The second-order valence-electron chi connectivity index (χ2n) is 6.24. The summed E-state index contributed by atoms with van der Waals surface area (Å²) in [6.07, 6.45) is 0. The number of nitro groups is 1. The second-order valence-corrected chi connectivity index (χ2v) is 6.24. The molecule has 0 aliphatic carbocycles. The van der Waals surface area contributed by atoms with Gasteiger partial charge in [-0.3, -0.25) is 10.1 Å². The second kappa shape index (κ2) is 7.75. The number of nitrogens with zero attached hydrogens (tertiary/aromatic N) is 2. The van der Waals surface area contributed by atoms with Gasteiger partial charge in [0.1, 0.15) is 5.75 Å². The predicted octanol–water partition coefficient (Wildman–Crippen LogP) is 2.35. The van der Waals surface area contributed by atoms with Crippen LogP contribution in [0.1, 0.15) is 11.3 Å². The molecular formula is C19H21N3O6. The molecule has 0 saturated carbocycles. The molecule has 0 spiro atoms. The van der Waals surface area contributed by atoms with Crippen LogP contribution >= 0.6 is 0 Å². The Labute approximate surface area is 160 Å². The third-order valence-electron chi connectivity index (χ3n) is 4.61. The molecule has 148 valence electrons. The highest BCUT2D eigenvalue weighted by Gasteiger charge is 2.27. The molecule has 3 aromatic rings. The van der Waals surface area contributed by atoms with Crippen LogP contribution in [0.25, 0.3) is 16.6 Å². The van der Waals surface area contributed by atoms with E-state index in [0.29, 0.717) is 34.4 Å². The van der Waals surface area contributed by atoms with Crippen molar-refractivity contribution in [2.75, 3.05) is 20.3 Å². The van der Waals surface area contributed by atoms with Gasteiger partial charge in [-0.15, -0.1) is 0 Å². The Hall–Kier alpha value is -3.30. The molecule has 0 unspecified atom stereocenters. The van der Waals surface area contributed by atoms with Gasteiger partial charge in [0.2, 0.25) is 0 Å². The van der Waals surface area contributed by atoms with E-state index in [9.17, 15) is 20.3 Å². The third-order valence-corrected chi connectivity index (χ3v) is 4.61. The van der Waals surface area contributed by atoms with Crippen LogP contribution < -0.4 is 10.1 Å². The molecule has 0 saturated heterocycles. The van der Waals surface area contributed by atoms with Crippen LogP contribution in [0.2, 0.25) is 0 Å². The summed E-state index contributed by atoms with van der Waals surface area (Å²) in [7, 11) is 1.43. The van der Waals surface area contributed by atoms with E-state index < -0.39 is 4.92 Å². The summed E-state index contributed by atoms with van der Waals surface area (Å²) in [6, 6.07) is 7.60. The summed E-state index contributed by atoms with van der Waals surface area (Å²) in [5.74, 6) is 0.147. The van der Waals surface area contributed by atoms with E-state index in [0.717, 1.165) is 0 Å². The average molecular weight is 387 g/mol. The van der Waals surface area contributed by atoms with Gasteiger partial charge < -0.3 is 29.9 Å². The van der Waals surface area contributed by atoms with Crippen molar-refractivity contribution in [1.29, 1.82) is 0 Å². The quantitative estimate of drug-likeness (QED) is 0.278. The smallest absolute Gasteiger partial charge is 0.298 e. The lowest BCUT2D eigenvalue weighted by atomic mass is 10.1. The number of ether oxygens (including phenoxy) is 1. The summed E-state index contributed by atoms with van der Waals surface area (Å²) in [6.45, 7) is 2.04. The molecule has 0 amide bonds. The van der Waals surface area contributed by atoms with Crippen molar-refractivity contribution in [1.82, 2.24) is 9.88 Å². The first-order chi connectivity index (χ1) is 13.4. The molecular weight excluding hydrogens is 366 g/mol. The number of methoxy groups -OCH3 is 1. The van der Waals surface area contributed by atoms with E-state index in [1.807, 2.05) is 0 Å². The van der Waals surface area contributed by atoms with Crippen LogP contribution in [0, 0.1) is 17.0 Å². The Kier molecular flexibility index (Phi) is 5.39. The van der Waals surface area contributed by atoms with Gasteiger partial charge in [-0.2, -0.15) is 0 Å². The molecule has 1 heterocycles. The minimum Gasteiger partial charge on any atom is -0.508 e. The zero-order chi connectivity index (χ0) is 20.4. The van der Waals surface area contributed by atoms with Crippen molar-refractivity contribution in [3.8, 4) is 22.9 Å². The maximum Gasteiger partial charge on any atom is 0.298 e. The molecule has 2 aromatic carbocycles. The minimum absolute atomic E-state index is 0.0238. The standard InChI is InChI=1S/C19H21N3O6/c1-11-18(22(26)27)13-4-5-15(24)14(10-20-7-8-23)19(13)21(11)12-3-6-17(28-2)16(25)9-12/h3-6,9,20,23-25H,7-8,10H2,1-2H3. The first-order valence-corrected chi connectivity index (χ1v) is 8.59. The first kappa shape index (κ1) is 19.5. The van der Waals surface area contributed by atoms with E-state index in [1.54, 1.807) is 23.6 Å². The number of aromatic hydroxyl groups is 2. The summed E-state index contributed by atoms with van der Waals surface area (Å²) >= 11 is 0. The summed E-state index contributed by atoms with van der Waals surface area (Å²) in [4.78, 5) is 11.3. The van der Waals surface area contributed by atoms with Crippen LogP contribution in [0.5, 0.6) is 17.2 Å². The number of benzene rings is 2. The molecule has 0 aliphatic rings. The van der Waals surface area contributed by atoms with E-state index in [2.05, 4.69) is 5.32 Å². The fourth-order valence-corrected chi connectivity index (χ4v) is 3.38. The van der Waals surface area contributed by atoms with Crippen LogP contribution in [-0.4, -0.2) is 45.1 Å². The number of phenolic OH excluding ortho intramolecular Hbond substituents is 2. The molecule has 1 aromatic heterocycles. The monoisotopic (exact) mass is 387 g/mol. The average Bonchev–Trinajstić information content (AvgIpc) is 2.95. The topological polar surface area (TPSA) is 130 Å². The van der Waals surface area contributed by atoms with Crippen LogP contribution in [-0.2, 0) is 6.54 Å². The Morgan fingerprint density at radius 3 is 2.57 bits per heavy atom. The lowest BCUT2D eigenvalue weighted by Crippen LogP contribution is -2.18. The van der Waals surface area contributed by atoms with Gasteiger partial charge in [-0.25, -0.2) is 0 Å². The van der Waals surface area contributed by atoms with E-state index in [4.69, 9.17) is 9.84 Å². The van der Waals surface area contributed by atoms with E-state index in [-0.39, 0.29) is 36.1 Å². The molecule has 0 atom stereocenters. The molecule has 9 nitrogen and oxygen atoms in total. The number of aromatic nitrogens is 1. The van der Waals surface area contributed by atoms with Gasteiger partial charge in [0.25, 0.3) is 5.69 Å². The van der Waals surface area contributed by atoms with Crippen LogP contribution in [0.3, 0.4) is 0 Å². The zero-order valence-corrected chi connectivity index (χ0v) is 15.5. The summed E-state index contributed by atoms with van der Waals surface area (Å²) in [5.41, 5.74) is 1.69. The lowest BCUT2D eigenvalue weighted by Gasteiger charge is -2.14. The Morgan fingerprint density at radius 2 is 1.96 bits per heavy atom. The maximum absolute atomic E-state index is 11.7. The highest BCUT2D eigenvalue weighted by molar-refractivity contribution is 5.96. The molecule has 3 rings (SSSR count). The number of hydrogen-bond acceptors (Lipinski definition) is 7. The van der Waals surface area contributed by atoms with Crippen LogP contribution in [0.15, 0.2) is 30.3 Å². The SMILES string of the molecule is COc1ccc(-n2c(C)c([N+](=O)[O-])c3ccc(O)c(CNCCO)c32)cc1O. The van der Waals surface area contributed by atoms with E-state index >= 15 is 0 Å². The Morgan fingerprint density at radius 1 is 1.21 bits per heavy atom. The number of hydrogen-bond donors (Lipinski definition) is 4. The molecule has 0 radical (unpaired) electrons. The number of aliphatic hydroxyl groups excluding tert-OH is 1. The van der Waals surface area contributed by atoms with Crippen molar-refractivity contribution in [2.45, 2.75) is 13.5 Å². The van der Waals surface area contributed by atoms with Gasteiger partial charge >= 0.3 is 0 Å². The van der Waals surface area contributed by atoms with Crippen molar-refractivity contribution in [3.05, 3.63) is 51.7 Å². The minimum atomic E-state index is -0.459. The number of nitrogens with one attached hydrogen (secondary N) is 1. The van der Waals surface area contributed by atoms with Crippen LogP contribution in [0.4, 0.5) is 5.69 Å². The number of phenols is 2. The lowest BCUT2D eigenvalue weighted by molar-refractivity contribution is -0.383. The summed E-state index contributed by atoms with van der Waals surface area (Å²) in [5, 5.41) is 44.6. The van der Waals surface area contributed by atoms with Gasteiger partial charge in [-0.05, 0) is 31.2 Å².